The number of ether oxygens (including phenoxy) is 2. The summed E-state index contributed by atoms with van der Waals surface area (Å²) in [5.41, 5.74) is 1.32. The molecule has 0 radical (unpaired) electrons. The minimum Gasteiger partial charge on any atom is -0.480 e. The van der Waals surface area contributed by atoms with Crippen LogP contribution in [-0.4, -0.2) is 25.1 Å². The molecule has 2 rings (SSSR count). The summed E-state index contributed by atoms with van der Waals surface area (Å²) in [4.78, 5) is 23.6. The molecule has 0 spiro atoms. The molecule has 2 aromatic rings. The van der Waals surface area contributed by atoms with E-state index in [1.807, 2.05) is 0 Å². The molecule has 0 aromatic heterocycles. The van der Waals surface area contributed by atoms with Crippen LogP contribution in [0.3, 0.4) is 0 Å². The summed E-state index contributed by atoms with van der Waals surface area (Å²) in [7, 11) is 1.33. The number of halogens is 2. The highest BCUT2D eigenvalue weighted by atomic mass is 79.9. The lowest BCUT2D eigenvalue weighted by molar-refractivity contribution is -0.127. The third kappa shape index (κ3) is 5.47. The number of hydrogen-bond donors (Lipinski definition) is 1. The van der Waals surface area contributed by atoms with E-state index < -0.39 is 12.1 Å². The average Bonchev–Trinajstić information content (AvgIpc) is 2.61. The second-order valence-corrected chi connectivity index (χ2v) is 6.53. The van der Waals surface area contributed by atoms with Gasteiger partial charge in [0.15, 0.2) is 6.10 Å². The van der Waals surface area contributed by atoms with Crippen molar-refractivity contribution in [1.29, 1.82) is 0 Å². The zero-order valence-corrected chi connectivity index (χ0v) is 16.1. The van der Waals surface area contributed by atoms with E-state index in [2.05, 4.69) is 26.0 Å². The normalized spacial score (nSPS) is 11.5. The minimum absolute atomic E-state index is 0.251. The number of benzene rings is 2. The van der Waals surface area contributed by atoms with Crippen LogP contribution in [0, 0.1) is 0 Å². The summed E-state index contributed by atoms with van der Waals surface area (Å²) in [5.74, 6) is -0.112. The van der Waals surface area contributed by atoms with E-state index in [0.717, 1.165) is 5.56 Å². The van der Waals surface area contributed by atoms with Crippen molar-refractivity contribution in [3.05, 3.63) is 63.1 Å². The van der Waals surface area contributed by atoms with Crippen LogP contribution in [-0.2, 0) is 16.1 Å². The van der Waals surface area contributed by atoms with Gasteiger partial charge in [-0.3, -0.25) is 4.79 Å². The van der Waals surface area contributed by atoms with Gasteiger partial charge in [-0.05, 0) is 58.7 Å². The zero-order valence-electron chi connectivity index (χ0n) is 13.7. The first kappa shape index (κ1) is 19.3. The fraction of sp³-hybridized carbons (Fsp3) is 0.222. The number of rotatable bonds is 6. The van der Waals surface area contributed by atoms with Crippen molar-refractivity contribution in [3.8, 4) is 5.75 Å². The molecule has 0 bridgehead atoms. The summed E-state index contributed by atoms with van der Waals surface area (Å²) in [6, 6.07) is 11.9. The molecule has 1 amide bonds. The van der Waals surface area contributed by atoms with Crippen molar-refractivity contribution in [1.82, 2.24) is 5.32 Å². The van der Waals surface area contributed by atoms with Crippen LogP contribution in [0.25, 0.3) is 0 Å². The molecule has 0 aliphatic heterocycles. The SMILES string of the molecule is COC(=O)c1ccc(CNC(=O)C(C)Oc2ccc(Cl)cc2Br)cc1. The fourth-order valence-corrected chi connectivity index (χ4v) is 2.80. The number of amides is 1. The maximum absolute atomic E-state index is 12.2. The number of nitrogens with one attached hydrogen (secondary N) is 1. The Kier molecular flexibility index (Phi) is 6.84. The third-order valence-corrected chi connectivity index (χ3v) is 4.26. The number of carbonyl (C=O) groups is 2. The predicted molar refractivity (Wildman–Crippen MR) is 98.9 cm³/mol. The van der Waals surface area contributed by atoms with Gasteiger partial charge >= 0.3 is 5.97 Å². The lowest BCUT2D eigenvalue weighted by Gasteiger charge is -2.16. The highest BCUT2D eigenvalue weighted by molar-refractivity contribution is 9.10. The number of carbonyl (C=O) groups excluding carboxylic acids is 2. The average molecular weight is 427 g/mol. The zero-order chi connectivity index (χ0) is 18.4. The van der Waals surface area contributed by atoms with Gasteiger partial charge in [-0.2, -0.15) is 0 Å². The van der Waals surface area contributed by atoms with Gasteiger partial charge in [-0.25, -0.2) is 4.79 Å². The molecule has 2 aromatic carbocycles. The molecular weight excluding hydrogens is 410 g/mol. The molecule has 132 valence electrons. The van der Waals surface area contributed by atoms with Gasteiger partial charge in [-0.15, -0.1) is 0 Å². The van der Waals surface area contributed by atoms with E-state index in [4.69, 9.17) is 16.3 Å². The fourth-order valence-electron chi connectivity index (χ4n) is 2.02. The first-order valence-electron chi connectivity index (χ1n) is 7.47. The molecule has 0 aliphatic carbocycles. The molecule has 5 nitrogen and oxygen atoms in total. The number of esters is 1. The summed E-state index contributed by atoms with van der Waals surface area (Å²) >= 11 is 9.23. The lowest BCUT2D eigenvalue weighted by atomic mass is 10.1. The van der Waals surface area contributed by atoms with Crippen molar-refractivity contribution in [2.45, 2.75) is 19.6 Å². The van der Waals surface area contributed by atoms with Crippen molar-refractivity contribution in [3.63, 3.8) is 0 Å². The summed E-state index contributed by atoms with van der Waals surface area (Å²) in [5, 5.41) is 3.37. The second-order valence-electron chi connectivity index (χ2n) is 5.24. The number of hydrogen-bond acceptors (Lipinski definition) is 4. The third-order valence-electron chi connectivity index (χ3n) is 3.41. The van der Waals surface area contributed by atoms with Gasteiger partial charge in [0.2, 0.25) is 0 Å². The quantitative estimate of drug-likeness (QED) is 0.710. The molecule has 0 saturated heterocycles. The molecule has 1 unspecified atom stereocenters. The molecule has 1 atom stereocenters. The Bertz CT molecular complexity index is 764. The van der Waals surface area contributed by atoms with Crippen molar-refractivity contribution >= 4 is 39.4 Å². The maximum atomic E-state index is 12.2. The van der Waals surface area contributed by atoms with Crippen molar-refractivity contribution < 1.29 is 19.1 Å². The maximum Gasteiger partial charge on any atom is 0.337 e. The standard InChI is InChI=1S/C18H17BrClNO4/c1-11(25-16-8-7-14(20)9-15(16)19)17(22)21-10-12-3-5-13(6-4-12)18(23)24-2/h3-9,11H,10H2,1-2H3,(H,21,22). The highest BCUT2D eigenvalue weighted by Gasteiger charge is 2.16. The van der Waals surface area contributed by atoms with E-state index in [1.165, 1.54) is 7.11 Å². The largest absolute Gasteiger partial charge is 0.480 e. The van der Waals surface area contributed by atoms with Gasteiger partial charge in [0.25, 0.3) is 5.91 Å². The van der Waals surface area contributed by atoms with Crippen molar-refractivity contribution in [2.24, 2.45) is 0 Å². The second kappa shape index (κ2) is 8.87. The van der Waals surface area contributed by atoms with Crippen LogP contribution in [0.2, 0.25) is 5.02 Å². The topological polar surface area (TPSA) is 64.6 Å². The molecule has 0 heterocycles. The highest BCUT2D eigenvalue weighted by Crippen LogP contribution is 2.28. The van der Waals surface area contributed by atoms with Crippen LogP contribution in [0.1, 0.15) is 22.8 Å². The Morgan fingerprint density at radius 3 is 2.48 bits per heavy atom. The molecule has 25 heavy (non-hydrogen) atoms. The van der Waals surface area contributed by atoms with E-state index in [9.17, 15) is 9.59 Å². The molecule has 1 N–H and O–H groups in total. The van der Waals surface area contributed by atoms with Gasteiger partial charge in [0.1, 0.15) is 5.75 Å². The van der Waals surface area contributed by atoms with Gasteiger partial charge in [-0.1, -0.05) is 23.7 Å². The minimum atomic E-state index is -0.674. The monoisotopic (exact) mass is 425 g/mol. The molecule has 7 heteroatoms. The molecular formula is C18H17BrClNO4. The van der Waals surface area contributed by atoms with Crippen molar-refractivity contribution in [2.75, 3.05) is 7.11 Å². The molecule has 0 aliphatic rings. The smallest absolute Gasteiger partial charge is 0.337 e. The van der Waals surface area contributed by atoms with E-state index >= 15 is 0 Å². The number of methoxy groups -OCH3 is 1. The van der Waals surface area contributed by atoms with E-state index in [0.29, 0.717) is 27.4 Å². The van der Waals surface area contributed by atoms with Gasteiger partial charge in [0.05, 0.1) is 17.1 Å². The van der Waals surface area contributed by atoms with E-state index in [-0.39, 0.29) is 5.91 Å². The Morgan fingerprint density at radius 2 is 1.88 bits per heavy atom. The Balaban J connectivity index is 1.89. The first-order chi connectivity index (χ1) is 11.9. The summed E-state index contributed by atoms with van der Waals surface area (Å²) < 4.78 is 11.0. The molecule has 0 saturated carbocycles. The Labute approximate surface area is 159 Å². The van der Waals surface area contributed by atoms with Crippen LogP contribution in [0.4, 0.5) is 0 Å². The van der Waals surface area contributed by atoms with Gasteiger partial charge in [0, 0.05) is 11.6 Å². The summed E-state index contributed by atoms with van der Waals surface area (Å²) in [6.07, 6.45) is -0.674. The van der Waals surface area contributed by atoms with Crippen LogP contribution < -0.4 is 10.1 Å². The van der Waals surface area contributed by atoms with Gasteiger partial charge < -0.3 is 14.8 Å². The van der Waals surface area contributed by atoms with E-state index in [1.54, 1.807) is 49.4 Å². The summed E-state index contributed by atoms with van der Waals surface area (Å²) in [6.45, 7) is 1.99. The Morgan fingerprint density at radius 1 is 1.20 bits per heavy atom. The lowest BCUT2D eigenvalue weighted by Crippen LogP contribution is -2.35. The molecule has 0 fully saturated rings. The van der Waals surface area contributed by atoms with Crippen LogP contribution in [0.5, 0.6) is 5.75 Å². The van der Waals surface area contributed by atoms with Crippen LogP contribution >= 0.6 is 27.5 Å². The Hall–Kier alpha value is -2.05. The first-order valence-corrected chi connectivity index (χ1v) is 8.64. The van der Waals surface area contributed by atoms with Crippen LogP contribution in [0.15, 0.2) is 46.9 Å². The predicted octanol–water partition coefficient (Wildman–Crippen LogP) is 3.97.